The maximum atomic E-state index is 12.7. The van der Waals surface area contributed by atoms with Gasteiger partial charge in [0.05, 0.1) is 4.90 Å². The average molecular weight is 420 g/mol. The van der Waals surface area contributed by atoms with E-state index >= 15 is 0 Å². The van der Waals surface area contributed by atoms with Gasteiger partial charge in [0.1, 0.15) is 5.60 Å². The highest BCUT2D eigenvalue weighted by atomic mass is 32.2. The summed E-state index contributed by atoms with van der Waals surface area (Å²) in [7, 11) is -3.91. The molecule has 0 unspecified atom stereocenters. The predicted molar refractivity (Wildman–Crippen MR) is 112 cm³/mol. The van der Waals surface area contributed by atoms with Crippen LogP contribution in [0.2, 0.25) is 0 Å². The van der Waals surface area contributed by atoms with Gasteiger partial charge in [0.15, 0.2) is 0 Å². The summed E-state index contributed by atoms with van der Waals surface area (Å²) in [5.41, 5.74) is 1.74. The van der Waals surface area contributed by atoms with Crippen LogP contribution in [-0.2, 0) is 14.8 Å². The van der Waals surface area contributed by atoms with E-state index in [1.54, 1.807) is 52.8 Å². The second-order valence-electron chi connectivity index (χ2n) is 7.62. The molecular formula is C20H25N3O5S. The molecule has 0 spiro atoms. The van der Waals surface area contributed by atoms with Crippen LogP contribution in [0.5, 0.6) is 0 Å². The normalized spacial score (nSPS) is 11.7. The zero-order valence-electron chi connectivity index (χ0n) is 17.0. The first-order valence-electron chi connectivity index (χ1n) is 8.82. The third-order valence-electron chi connectivity index (χ3n) is 3.99. The number of rotatable bonds is 4. The Bertz CT molecular complexity index is 1060. The van der Waals surface area contributed by atoms with Gasteiger partial charge >= 0.3 is 6.09 Å². The molecule has 0 heterocycles. The average Bonchev–Trinajstić information content (AvgIpc) is 2.56. The standard InChI is InChI=1S/C20H25N3O5S/c1-12-9-16(29(21,26)27)11-17(13(12)2)23-18(24)14-7-6-8-15(10-14)22-19(25)28-20(3,4)5/h6-11H,1-5H3,(H,22,25)(H,23,24)(H2,21,26,27). The topological polar surface area (TPSA) is 128 Å². The van der Waals surface area contributed by atoms with E-state index in [-0.39, 0.29) is 10.5 Å². The maximum absolute atomic E-state index is 12.7. The molecule has 9 heteroatoms. The Labute approximate surface area is 170 Å². The minimum atomic E-state index is -3.91. The molecule has 0 aliphatic rings. The summed E-state index contributed by atoms with van der Waals surface area (Å²) >= 11 is 0. The van der Waals surface area contributed by atoms with E-state index in [9.17, 15) is 18.0 Å². The van der Waals surface area contributed by atoms with Gasteiger partial charge in [-0.2, -0.15) is 0 Å². The Hall–Kier alpha value is -2.91. The van der Waals surface area contributed by atoms with Gasteiger partial charge in [-0.1, -0.05) is 6.07 Å². The van der Waals surface area contributed by atoms with E-state index in [0.717, 1.165) is 0 Å². The van der Waals surface area contributed by atoms with Crippen LogP contribution in [0.1, 0.15) is 42.3 Å². The predicted octanol–water partition coefficient (Wildman–Crippen LogP) is 3.55. The lowest BCUT2D eigenvalue weighted by molar-refractivity contribution is 0.0635. The molecule has 2 aromatic rings. The molecule has 0 atom stereocenters. The molecule has 4 N–H and O–H groups in total. The number of ether oxygens (including phenoxy) is 1. The molecule has 2 aromatic carbocycles. The quantitative estimate of drug-likeness (QED) is 0.698. The molecule has 2 rings (SSSR count). The monoisotopic (exact) mass is 419 g/mol. The van der Waals surface area contributed by atoms with Crippen molar-refractivity contribution in [3.63, 3.8) is 0 Å². The van der Waals surface area contributed by atoms with Gasteiger partial charge in [-0.15, -0.1) is 0 Å². The van der Waals surface area contributed by atoms with Crippen LogP contribution in [0.15, 0.2) is 41.3 Å². The lowest BCUT2D eigenvalue weighted by Gasteiger charge is -2.19. The Morgan fingerprint density at radius 3 is 2.28 bits per heavy atom. The number of carbonyl (C=O) groups excluding carboxylic acids is 2. The van der Waals surface area contributed by atoms with Crippen molar-refractivity contribution in [2.75, 3.05) is 10.6 Å². The molecule has 8 nitrogen and oxygen atoms in total. The number of benzene rings is 2. The largest absolute Gasteiger partial charge is 0.444 e. The zero-order chi connectivity index (χ0) is 22.0. The van der Waals surface area contributed by atoms with Crippen molar-refractivity contribution in [3.8, 4) is 0 Å². The molecule has 0 saturated heterocycles. The molecule has 156 valence electrons. The molecule has 0 aliphatic carbocycles. The number of primary sulfonamides is 1. The summed E-state index contributed by atoms with van der Waals surface area (Å²) in [4.78, 5) is 24.5. The zero-order valence-corrected chi connectivity index (χ0v) is 17.8. The van der Waals surface area contributed by atoms with Gasteiger partial charge in [-0.05, 0) is 76.1 Å². The van der Waals surface area contributed by atoms with Crippen LogP contribution in [0.3, 0.4) is 0 Å². The number of nitrogens with one attached hydrogen (secondary N) is 2. The van der Waals surface area contributed by atoms with E-state index in [2.05, 4.69) is 10.6 Å². The summed E-state index contributed by atoms with van der Waals surface area (Å²) < 4.78 is 28.5. The smallest absolute Gasteiger partial charge is 0.412 e. The number of anilines is 2. The lowest BCUT2D eigenvalue weighted by atomic mass is 10.1. The number of aryl methyl sites for hydroxylation is 1. The van der Waals surface area contributed by atoms with Crippen molar-refractivity contribution in [1.82, 2.24) is 0 Å². The van der Waals surface area contributed by atoms with Crippen LogP contribution < -0.4 is 15.8 Å². The van der Waals surface area contributed by atoms with E-state index < -0.39 is 27.6 Å². The first-order chi connectivity index (χ1) is 13.3. The van der Waals surface area contributed by atoms with Gasteiger partial charge in [-0.3, -0.25) is 10.1 Å². The summed E-state index contributed by atoms with van der Waals surface area (Å²) in [6, 6.07) is 9.06. The van der Waals surface area contributed by atoms with Crippen molar-refractivity contribution in [2.24, 2.45) is 5.14 Å². The first-order valence-corrected chi connectivity index (χ1v) is 10.4. The van der Waals surface area contributed by atoms with Crippen molar-refractivity contribution >= 4 is 33.4 Å². The fourth-order valence-electron chi connectivity index (χ4n) is 2.47. The lowest BCUT2D eigenvalue weighted by Crippen LogP contribution is -2.27. The third kappa shape index (κ3) is 6.30. The van der Waals surface area contributed by atoms with Gasteiger partial charge in [0, 0.05) is 16.9 Å². The van der Waals surface area contributed by atoms with Crippen LogP contribution in [0, 0.1) is 13.8 Å². The first kappa shape index (κ1) is 22.4. The van der Waals surface area contributed by atoms with Crippen LogP contribution in [0.4, 0.5) is 16.2 Å². The fraction of sp³-hybridized carbons (Fsp3) is 0.300. The fourth-order valence-corrected chi connectivity index (χ4v) is 3.10. The van der Waals surface area contributed by atoms with E-state index in [0.29, 0.717) is 22.5 Å². The van der Waals surface area contributed by atoms with E-state index in [4.69, 9.17) is 9.88 Å². The Balaban J connectivity index is 2.24. The molecule has 0 fully saturated rings. The third-order valence-corrected chi connectivity index (χ3v) is 4.88. The molecule has 0 saturated carbocycles. The van der Waals surface area contributed by atoms with E-state index in [1.165, 1.54) is 18.2 Å². The second kappa shape index (κ2) is 8.22. The summed E-state index contributed by atoms with van der Waals surface area (Å²) in [6.07, 6.45) is -0.637. The molecule has 0 radical (unpaired) electrons. The van der Waals surface area contributed by atoms with Gasteiger partial charge in [-0.25, -0.2) is 18.4 Å². The number of amides is 2. The number of hydrogen-bond acceptors (Lipinski definition) is 5. The van der Waals surface area contributed by atoms with Gasteiger partial charge in [0.2, 0.25) is 10.0 Å². The van der Waals surface area contributed by atoms with Crippen molar-refractivity contribution < 1.29 is 22.7 Å². The molecular weight excluding hydrogens is 394 g/mol. The van der Waals surface area contributed by atoms with Gasteiger partial charge in [0.25, 0.3) is 5.91 Å². The number of carbonyl (C=O) groups is 2. The summed E-state index contributed by atoms with van der Waals surface area (Å²) in [5.74, 6) is -0.466. The second-order valence-corrected chi connectivity index (χ2v) is 9.18. The molecule has 0 aliphatic heterocycles. The molecule has 0 bridgehead atoms. The van der Waals surface area contributed by atoms with Crippen LogP contribution in [-0.4, -0.2) is 26.0 Å². The number of nitrogens with two attached hydrogens (primary N) is 1. The molecule has 2 amide bonds. The Morgan fingerprint density at radius 2 is 1.69 bits per heavy atom. The highest BCUT2D eigenvalue weighted by Gasteiger charge is 2.18. The minimum absolute atomic E-state index is 0.0868. The van der Waals surface area contributed by atoms with Crippen molar-refractivity contribution in [3.05, 3.63) is 53.1 Å². The summed E-state index contributed by atoms with van der Waals surface area (Å²) in [6.45, 7) is 8.73. The summed E-state index contributed by atoms with van der Waals surface area (Å²) in [5, 5.41) is 10.5. The van der Waals surface area contributed by atoms with Crippen LogP contribution in [0.25, 0.3) is 0 Å². The molecule has 29 heavy (non-hydrogen) atoms. The highest BCUT2D eigenvalue weighted by molar-refractivity contribution is 7.89. The molecule has 0 aromatic heterocycles. The maximum Gasteiger partial charge on any atom is 0.412 e. The van der Waals surface area contributed by atoms with E-state index in [1.807, 2.05) is 0 Å². The Morgan fingerprint density at radius 1 is 1.03 bits per heavy atom. The SMILES string of the molecule is Cc1cc(S(N)(=O)=O)cc(NC(=O)c2cccc(NC(=O)OC(C)(C)C)c2)c1C. The number of sulfonamides is 1. The van der Waals surface area contributed by atoms with Crippen LogP contribution >= 0.6 is 0 Å². The van der Waals surface area contributed by atoms with Crippen molar-refractivity contribution in [2.45, 2.75) is 45.1 Å². The minimum Gasteiger partial charge on any atom is -0.444 e. The highest BCUT2D eigenvalue weighted by Crippen LogP contribution is 2.24. The van der Waals surface area contributed by atoms with Crippen molar-refractivity contribution in [1.29, 1.82) is 0 Å². The number of hydrogen-bond donors (Lipinski definition) is 3. The van der Waals surface area contributed by atoms with Gasteiger partial charge < -0.3 is 10.1 Å². The Kier molecular flexibility index (Phi) is 6.34.